The maximum atomic E-state index is 11.2. The molecule has 1 unspecified atom stereocenters. The standard InChI is InChI=1S/C9H11BrN2O2.ClH/c1-2-14-9(13)8(11)7-4-3-6(10)5-12-7;/h3-5,8H,2,11H2,1H3;1H. The number of aromatic nitrogens is 1. The SMILES string of the molecule is CCOC(=O)C(N)c1ccc(Br)cn1.Cl. The summed E-state index contributed by atoms with van der Waals surface area (Å²) in [4.78, 5) is 15.2. The Balaban J connectivity index is 0.00000196. The highest BCUT2D eigenvalue weighted by Crippen LogP contribution is 2.12. The van der Waals surface area contributed by atoms with E-state index in [1.165, 1.54) is 0 Å². The molecule has 0 radical (unpaired) electrons. The van der Waals surface area contributed by atoms with Gasteiger partial charge < -0.3 is 10.5 Å². The van der Waals surface area contributed by atoms with Crippen molar-refractivity contribution in [3.8, 4) is 0 Å². The molecule has 0 aromatic carbocycles. The van der Waals surface area contributed by atoms with Crippen LogP contribution in [0.4, 0.5) is 0 Å². The van der Waals surface area contributed by atoms with Gasteiger partial charge in [0.2, 0.25) is 0 Å². The number of rotatable bonds is 3. The molecule has 1 aromatic rings. The lowest BCUT2D eigenvalue weighted by atomic mass is 10.2. The summed E-state index contributed by atoms with van der Waals surface area (Å²) in [5.74, 6) is -0.456. The molecule has 1 heterocycles. The number of pyridine rings is 1. The maximum absolute atomic E-state index is 11.2. The molecular weight excluding hydrogens is 283 g/mol. The number of ether oxygens (including phenoxy) is 1. The fourth-order valence-corrected chi connectivity index (χ4v) is 1.16. The first-order valence-corrected chi connectivity index (χ1v) is 4.98. The summed E-state index contributed by atoms with van der Waals surface area (Å²) in [5.41, 5.74) is 6.13. The molecule has 0 aliphatic heterocycles. The third-order valence-electron chi connectivity index (χ3n) is 1.61. The third-order valence-corrected chi connectivity index (χ3v) is 2.08. The molecular formula is C9H12BrClN2O2. The normalized spacial score (nSPS) is 11.4. The van der Waals surface area contributed by atoms with Gasteiger partial charge in [-0.15, -0.1) is 12.4 Å². The van der Waals surface area contributed by atoms with Crippen molar-refractivity contribution in [2.45, 2.75) is 13.0 Å². The smallest absolute Gasteiger partial charge is 0.329 e. The molecule has 0 aliphatic carbocycles. The average molecular weight is 296 g/mol. The third kappa shape index (κ3) is 4.15. The predicted molar refractivity (Wildman–Crippen MR) is 62.7 cm³/mol. The van der Waals surface area contributed by atoms with Crippen molar-refractivity contribution >= 4 is 34.3 Å². The van der Waals surface area contributed by atoms with Crippen LogP contribution in [0.15, 0.2) is 22.8 Å². The Bertz CT molecular complexity index is 318. The number of carbonyl (C=O) groups is 1. The maximum Gasteiger partial charge on any atom is 0.329 e. The van der Waals surface area contributed by atoms with E-state index >= 15 is 0 Å². The van der Waals surface area contributed by atoms with Crippen LogP contribution in [0.25, 0.3) is 0 Å². The molecule has 2 N–H and O–H groups in total. The monoisotopic (exact) mass is 294 g/mol. The van der Waals surface area contributed by atoms with Crippen LogP contribution in [-0.2, 0) is 9.53 Å². The van der Waals surface area contributed by atoms with Crippen molar-refractivity contribution in [3.63, 3.8) is 0 Å². The van der Waals surface area contributed by atoms with E-state index in [4.69, 9.17) is 10.5 Å². The molecule has 84 valence electrons. The summed E-state index contributed by atoms with van der Waals surface area (Å²) >= 11 is 3.24. The molecule has 4 nitrogen and oxygen atoms in total. The van der Waals surface area contributed by atoms with Gasteiger partial charge in [0, 0.05) is 10.7 Å². The molecule has 15 heavy (non-hydrogen) atoms. The van der Waals surface area contributed by atoms with E-state index in [0.717, 1.165) is 4.47 Å². The van der Waals surface area contributed by atoms with Gasteiger partial charge in [-0.2, -0.15) is 0 Å². The highest BCUT2D eigenvalue weighted by atomic mass is 79.9. The first-order chi connectivity index (χ1) is 6.65. The molecule has 0 aliphatic rings. The van der Waals surface area contributed by atoms with Crippen LogP contribution in [-0.4, -0.2) is 17.6 Å². The Morgan fingerprint density at radius 1 is 1.67 bits per heavy atom. The quantitative estimate of drug-likeness (QED) is 0.864. The topological polar surface area (TPSA) is 65.2 Å². The Morgan fingerprint density at radius 2 is 2.33 bits per heavy atom. The molecule has 6 heteroatoms. The van der Waals surface area contributed by atoms with Gasteiger partial charge in [0.25, 0.3) is 0 Å². The van der Waals surface area contributed by atoms with E-state index in [2.05, 4.69) is 20.9 Å². The fourth-order valence-electron chi connectivity index (χ4n) is 0.924. The molecule has 1 aromatic heterocycles. The van der Waals surface area contributed by atoms with E-state index < -0.39 is 12.0 Å². The molecule has 0 spiro atoms. The zero-order valence-corrected chi connectivity index (χ0v) is 10.5. The van der Waals surface area contributed by atoms with E-state index in [9.17, 15) is 4.79 Å². The van der Waals surface area contributed by atoms with E-state index in [1.807, 2.05) is 0 Å². The highest BCUT2D eigenvalue weighted by molar-refractivity contribution is 9.10. The second kappa shape index (κ2) is 6.76. The lowest BCUT2D eigenvalue weighted by Crippen LogP contribution is -2.24. The van der Waals surface area contributed by atoms with E-state index in [0.29, 0.717) is 12.3 Å². The van der Waals surface area contributed by atoms with Crippen LogP contribution in [0, 0.1) is 0 Å². The minimum absolute atomic E-state index is 0. The van der Waals surface area contributed by atoms with Crippen molar-refractivity contribution in [2.75, 3.05) is 6.61 Å². The summed E-state index contributed by atoms with van der Waals surface area (Å²) in [6.45, 7) is 2.06. The zero-order valence-electron chi connectivity index (χ0n) is 8.14. The predicted octanol–water partition coefficient (Wildman–Crippen LogP) is 1.83. The van der Waals surface area contributed by atoms with Crippen molar-refractivity contribution in [1.29, 1.82) is 0 Å². The number of nitrogens with two attached hydrogens (primary N) is 1. The molecule has 1 atom stereocenters. The number of carbonyl (C=O) groups excluding carboxylic acids is 1. The second-order valence-corrected chi connectivity index (χ2v) is 3.55. The van der Waals surface area contributed by atoms with Crippen LogP contribution < -0.4 is 5.73 Å². The van der Waals surface area contributed by atoms with Crippen LogP contribution in [0.3, 0.4) is 0 Å². The summed E-state index contributed by atoms with van der Waals surface area (Å²) in [6.07, 6.45) is 1.59. The Kier molecular flexibility index (Phi) is 6.47. The minimum atomic E-state index is -0.803. The first-order valence-electron chi connectivity index (χ1n) is 4.18. The van der Waals surface area contributed by atoms with Crippen molar-refractivity contribution in [1.82, 2.24) is 4.98 Å². The summed E-state index contributed by atoms with van der Waals surface area (Å²) in [6, 6.07) is 2.66. The van der Waals surface area contributed by atoms with Crippen molar-refractivity contribution in [2.24, 2.45) is 5.73 Å². The summed E-state index contributed by atoms with van der Waals surface area (Å²) in [5, 5.41) is 0. The van der Waals surface area contributed by atoms with Crippen LogP contribution in [0.5, 0.6) is 0 Å². The Labute approximate surface area is 103 Å². The second-order valence-electron chi connectivity index (χ2n) is 2.63. The van der Waals surface area contributed by atoms with Gasteiger partial charge in [-0.1, -0.05) is 0 Å². The van der Waals surface area contributed by atoms with Crippen LogP contribution in [0.1, 0.15) is 18.7 Å². The number of nitrogens with zero attached hydrogens (tertiary/aromatic N) is 1. The minimum Gasteiger partial charge on any atom is -0.465 e. The molecule has 0 saturated carbocycles. The van der Waals surface area contributed by atoms with Gasteiger partial charge in [-0.3, -0.25) is 4.98 Å². The largest absolute Gasteiger partial charge is 0.465 e. The average Bonchev–Trinajstić information content (AvgIpc) is 2.18. The van der Waals surface area contributed by atoms with Gasteiger partial charge in [0.15, 0.2) is 0 Å². The molecule has 0 fully saturated rings. The van der Waals surface area contributed by atoms with E-state index in [1.54, 1.807) is 25.3 Å². The molecule has 0 bridgehead atoms. The molecule has 1 rings (SSSR count). The van der Waals surface area contributed by atoms with Gasteiger partial charge in [-0.25, -0.2) is 4.79 Å². The summed E-state index contributed by atoms with van der Waals surface area (Å²) < 4.78 is 5.62. The van der Waals surface area contributed by atoms with Gasteiger partial charge in [0.05, 0.1) is 12.3 Å². The van der Waals surface area contributed by atoms with E-state index in [-0.39, 0.29) is 12.4 Å². The highest BCUT2D eigenvalue weighted by Gasteiger charge is 2.17. The van der Waals surface area contributed by atoms with Gasteiger partial charge in [0.1, 0.15) is 6.04 Å². The van der Waals surface area contributed by atoms with Crippen LogP contribution >= 0.6 is 28.3 Å². The van der Waals surface area contributed by atoms with Gasteiger partial charge in [-0.05, 0) is 35.0 Å². The Hall–Kier alpha value is -0.650. The fraction of sp³-hybridized carbons (Fsp3) is 0.333. The number of esters is 1. The molecule has 0 amide bonds. The van der Waals surface area contributed by atoms with Crippen LogP contribution in [0.2, 0.25) is 0 Å². The lowest BCUT2D eigenvalue weighted by Gasteiger charge is -2.09. The molecule has 0 saturated heterocycles. The summed E-state index contributed by atoms with van der Waals surface area (Å²) in [7, 11) is 0. The van der Waals surface area contributed by atoms with Crippen molar-refractivity contribution in [3.05, 3.63) is 28.5 Å². The van der Waals surface area contributed by atoms with Gasteiger partial charge >= 0.3 is 5.97 Å². The number of hydrogen-bond acceptors (Lipinski definition) is 4. The first kappa shape index (κ1) is 14.3. The van der Waals surface area contributed by atoms with Crippen molar-refractivity contribution < 1.29 is 9.53 Å². The Morgan fingerprint density at radius 3 is 2.80 bits per heavy atom. The number of hydrogen-bond donors (Lipinski definition) is 1. The zero-order chi connectivity index (χ0) is 10.6. The lowest BCUT2D eigenvalue weighted by molar-refractivity contribution is -0.144. The number of halogens is 2.